The summed E-state index contributed by atoms with van der Waals surface area (Å²) in [5, 5.41) is 0. The molecule has 0 saturated carbocycles. The molecule has 76 valence electrons. The molecular weight excluding hydrogens is 192 g/mol. The van der Waals surface area contributed by atoms with E-state index in [0.717, 1.165) is 6.07 Å². The maximum Gasteiger partial charge on any atom is 0.168 e. The summed E-state index contributed by atoms with van der Waals surface area (Å²) >= 11 is 0. The third-order valence-electron chi connectivity index (χ3n) is 2.07. The minimum Gasteiger partial charge on any atom is -0.488 e. The van der Waals surface area contributed by atoms with E-state index >= 15 is 0 Å². The molecule has 2 rings (SSSR count). The second-order valence-corrected chi connectivity index (χ2v) is 2.99. The Hall–Kier alpha value is -1.20. The average Bonchev–Trinajstić information content (AvgIpc) is 2.49. The van der Waals surface area contributed by atoms with Gasteiger partial charge in [0.1, 0.15) is 12.4 Å². The summed E-state index contributed by atoms with van der Waals surface area (Å²) in [6.07, 6.45) is 0. The Balaban J connectivity index is 2.38. The third kappa shape index (κ3) is 1.44. The first kappa shape index (κ1) is 9.36. The average molecular weight is 201 g/mol. The van der Waals surface area contributed by atoms with E-state index in [0.29, 0.717) is 5.56 Å². The number of hydroxylamine groups is 1. The molecule has 14 heavy (non-hydrogen) atoms. The summed E-state index contributed by atoms with van der Waals surface area (Å²) in [5.41, 5.74) is 3.05. The van der Waals surface area contributed by atoms with E-state index in [1.165, 1.54) is 13.2 Å². The highest BCUT2D eigenvalue weighted by Crippen LogP contribution is 2.35. The molecule has 1 atom stereocenters. The number of rotatable bonds is 2. The lowest BCUT2D eigenvalue weighted by Gasteiger charge is -2.08. The van der Waals surface area contributed by atoms with Crippen LogP contribution >= 0.6 is 0 Å². The van der Waals surface area contributed by atoms with Gasteiger partial charge < -0.3 is 9.57 Å². The van der Waals surface area contributed by atoms with Gasteiger partial charge in [-0.1, -0.05) is 0 Å². The molecule has 0 saturated heterocycles. The molecule has 1 aliphatic rings. The van der Waals surface area contributed by atoms with E-state index in [-0.39, 0.29) is 18.4 Å². The topological polar surface area (TPSA) is 30.5 Å². The Kier molecular flexibility index (Phi) is 2.35. The molecule has 1 unspecified atom stereocenters. The van der Waals surface area contributed by atoms with Gasteiger partial charge in [-0.3, -0.25) is 0 Å². The Labute approximate surface area is 79.6 Å². The molecule has 0 spiro atoms. The summed E-state index contributed by atoms with van der Waals surface area (Å²) in [6.45, 7) is 0.240. The quantitative estimate of drug-likeness (QED) is 0.736. The van der Waals surface area contributed by atoms with Crippen LogP contribution in [0.1, 0.15) is 11.6 Å². The molecule has 1 aromatic carbocycles. The minimum absolute atomic E-state index is 0.0981. The zero-order valence-electron chi connectivity index (χ0n) is 7.51. The lowest BCUT2D eigenvalue weighted by atomic mass is 10.1. The van der Waals surface area contributed by atoms with E-state index in [9.17, 15) is 8.78 Å². The van der Waals surface area contributed by atoms with Crippen LogP contribution in [-0.4, -0.2) is 13.7 Å². The second kappa shape index (κ2) is 3.51. The summed E-state index contributed by atoms with van der Waals surface area (Å²) in [6, 6.07) is 1.72. The first-order chi connectivity index (χ1) is 6.72. The van der Waals surface area contributed by atoms with E-state index in [4.69, 9.17) is 4.74 Å². The monoisotopic (exact) mass is 201 g/mol. The predicted octanol–water partition coefficient (Wildman–Crippen LogP) is 1.55. The maximum absolute atomic E-state index is 13.1. The van der Waals surface area contributed by atoms with Crippen LogP contribution in [0.5, 0.6) is 5.75 Å². The fourth-order valence-electron chi connectivity index (χ4n) is 1.49. The van der Waals surface area contributed by atoms with Crippen molar-refractivity contribution in [1.29, 1.82) is 0 Å². The Morgan fingerprint density at radius 2 is 2.29 bits per heavy atom. The zero-order chi connectivity index (χ0) is 10.1. The van der Waals surface area contributed by atoms with Crippen LogP contribution in [-0.2, 0) is 4.84 Å². The van der Waals surface area contributed by atoms with Gasteiger partial charge in [-0.25, -0.2) is 8.78 Å². The number of fused-ring (bicyclic) bond motifs is 1. The lowest BCUT2D eigenvalue weighted by molar-refractivity contribution is 0.0534. The van der Waals surface area contributed by atoms with Crippen molar-refractivity contribution in [3.63, 3.8) is 0 Å². The predicted molar refractivity (Wildman–Crippen MR) is 44.7 cm³/mol. The second-order valence-electron chi connectivity index (χ2n) is 2.99. The fourth-order valence-corrected chi connectivity index (χ4v) is 1.49. The van der Waals surface area contributed by atoms with Crippen molar-refractivity contribution in [2.75, 3.05) is 13.7 Å². The lowest BCUT2D eigenvalue weighted by Crippen LogP contribution is -2.20. The molecule has 0 aromatic heterocycles. The maximum atomic E-state index is 13.1. The fraction of sp³-hybridized carbons (Fsp3) is 0.333. The van der Waals surface area contributed by atoms with Gasteiger partial charge in [-0.15, -0.1) is 0 Å². The number of halogens is 2. The summed E-state index contributed by atoms with van der Waals surface area (Å²) in [7, 11) is 1.44. The Morgan fingerprint density at radius 1 is 1.50 bits per heavy atom. The summed E-state index contributed by atoms with van der Waals surface area (Å²) in [5.74, 6) is -1.20. The first-order valence-corrected chi connectivity index (χ1v) is 4.12. The van der Waals surface area contributed by atoms with Crippen LogP contribution in [0.4, 0.5) is 8.78 Å². The molecule has 0 fully saturated rings. The highest BCUT2D eigenvalue weighted by molar-refractivity contribution is 5.40. The molecule has 1 aromatic rings. The highest BCUT2D eigenvalue weighted by atomic mass is 19.1. The standard InChI is InChI=1S/C9H9F2NO2/c1-13-12-8-4-14-9-6(8)2-5(10)3-7(9)11/h2-3,8,12H,4H2,1H3. The van der Waals surface area contributed by atoms with E-state index < -0.39 is 11.6 Å². The van der Waals surface area contributed by atoms with Gasteiger partial charge in [0.25, 0.3) is 0 Å². The van der Waals surface area contributed by atoms with Crippen molar-refractivity contribution >= 4 is 0 Å². The van der Waals surface area contributed by atoms with Crippen LogP contribution in [0.3, 0.4) is 0 Å². The number of nitrogens with one attached hydrogen (secondary N) is 1. The van der Waals surface area contributed by atoms with Gasteiger partial charge in [0.05, 0.1) is 13.2 Å². The zero-order valence-corrected chi connectivity index (χ0v) is 7.51. The van der Waals surface area contributed by atoms with Gasteiger partial charge >= 0.3 is 0 Å². The van der Waals surface area contributed by atoms with E-state index in [1.54, 1.807) is 0 Å². The van der Waals surface area contributed by atoms with Crippen molar-refractivity contribution in [3.05, 3.63) is 29.3 Å². The number of hydrogen-bond donors (Lipinski definition) is 1. The molecule has 0 aliphatic carbocycles. The van der Waals surface area contributed by atoms with Gasteiger partial charge in [-0.05, 0) is 6.07 Å². The molecular formula is C9H9F2NO2. The van der Waals surface area contributed by atoms with Crippen LogP contribution in [0.25, 0.3) is 0 Å². The molecule has 0 amide bonds. The highest BCUT2D eigenvalue weighted by Gasteiger charge is 2.27. The molecule has 1 heterocycles. The summed E-state index contributed by atoms with van der Waals surface area (Å²) < 4.78 is 31.1. The molecule has 5 heteroatoms. The smallest absolute Gasteiger partial charge is 0.168 e. The van der Waals surface area contributed by atoms with Gasteiger partial charge in [0.2, 0.25) is 0 Å². The van der Waals surface area contributed by atoms with Crippen molar-refractivity contribution < 1.29 is 18.4 Å². The Bertz CT molecular complexity index is 357. The van der Waals surface area contributed by atoms with E-state index in [2.05, 4.69) is 10.3 Å². The Morgan fingerprint density at radius 3 is 3.00 bits per heavy atom. The summed E-state index contributed by atoms with van der Waals surface area (Å²) in [4.78, 5) is 4.69. The number of ether oxygens (including phenoxy) is 1. The van der Waals surface area contributed by atoms with E-state index in [1.807, 2.05) is 0 Å². The SMILES string of the molecule is CONC1COc2c(F)cc(F)cc21. The number of hydrogen-bond acceptors (Lipinski definition) is 3. The first-order valence-electron chi connectivity index (χ1n) is 4.12. The molecule has 3 nitrogen and oxygen atoms in total. The number of benzene rings is 1. The van der Waals surface area contributed by atoms with Crippen molar-refractivity contribution in [3.8, 4) is 5.75 Å². The van der Waals surface area contributed by atoms with Crippen LogP contribution in [0.15, 0.2) is 12.1 Å². The van der Waals surface area contributed by atoms with Crippen LogP contribution in [0, 0.1) is 11.6 Å². The van der Waals surface area contributed by atoms with Crippen molar-refractivity contribution in [1.82, 2.24) is 5.48 Å². The van der Waals surface area contributed by atoms with Crippen molar-refractivity contribution in [2.45, 2.75) is 6.04 Å². The molecule has 0 radical (unpaired) electrons. The van der Waals surface area contributed by atoms with Gasteiger partial charge in [0.15, 0.2) is 11.6 Å². The molecule has 1 N–H and O–H groups in total. The largest absolute Gasteiger partial charge is 0.488 e. The van der Waals surface area contributed by atoms with Gasteiger partial charge in [-0.2, -0.15) is 5.48 Å². The third-order valence-corrected chi connectivity index (χ3v) is 2.07. The van der Waals surface area contributed by atoms with Gasteiger partial charge in [0, 0.05) is 11.6 Å². The molecule has 1 aliphatic heterocycles. The van der Waals surface area contributed by atoms with Crippen LogP contribution in [0.2, 0.25) is 0 Å². The minimum atomic E-state index is -0.680. The normalized spacial score (nSPS) is 19.2. The molecule has 0 bridgehead atoms. The van der Waals surface area contributed by atoms with Crippen LogP contribution < -0.4 is 10.2 Å². The van der Waals surface area contributed by atoms with Crippen molar-refractivity contribution in [2.24, 2.45) is 0 Å².